The normalized spacial score (nSPS) is 14.8. The van der Waals surface area contributed by atoms with Crippen LogP contribution in [0.25, 0.3) is 0 Å². The van der Waals surface area contributed by atoms with E-state index in [2.05, 4.69) is 20.1 Å². The van der Waals surface area contributed by atoms with E-state index in [1.807, 2.05) is 24.3 Å². The fourth-order valence-corrected chi connectivity index (χ4v) is 3.57. The van der Waals surface area contributed by atoms with Crippen molar-refractivity contribution in [2.75, 3.05) is 36.4 Å². The van der Waals surface area contributed by atoms with Crippen LogP contribution in [0, 0.1) is 0 Å². The van der Waals surface area contributed by atoms with E-state index in [1.165, 1.54) is 12.0 Å². The van der Waals surface area contributed by atoms with E-state index in [-0.39, 0.29) is 11.6 Å². The van der Waals surface area contributed by atoms with Gasteiger partial charge in [-0.15, -0.1) is 0 Å². The highest BCUT2D eigenvalue weighted by Gasteiger charge is 2.20. The summed E-state index contributed by atoms with van der Waals surface area (Å²) in [7, 11) is 0. The Hall–Kier alpha value is -2.54. The molecule has 8 heteroatoms. The molecule has 0 bridgehead atoms. The lowest BCUT2D eigenvalue weighted by molar-refractivity contribution is 0.102. The number of amides is 1. The van der Waals surface area contributed by atoms with Gasteiger partial charge in [-0.25, -0.2) is 4.98 Å². The number of carbonyl (C=O) groups is 1. The van der Waals surface area contributed by atoms with E-state index in [4.69, 9.17) is 27.6 Å². The van der Waals surface area contributed by atoms with Crippen LogP contribution in [0.4, 0.5) is 11.4 Å². The SMILES string of the molecule is O=C(Nc1cccc(Cl)c1)c1coc(CN2CCN(c3ccc(Cl)cc3)CC2)n1. The third kappa shape index (κ3) is 5.09. The van der Waals surface area contributed by atoms with Crippen molar-refractivity contribution in [1.82, 2.24) is 9.88 Å². The van der Waals surface area contributed by atoms with Gasteiger partial charge in [0.05, 0.1) is 6.54 Å². The van der Waals surface area contributed by atoms with Crippen molar-refractivity contribution in [1.29, 1.82) is 0 Å². The minimum atomic E-state index is -0.324. The smallest absolute Gasteiger partial charge is 0.277 e. The molecule has 2 aromatic carbocycles. The van der Waals surface area contributed by atoms with Crippen LogP contribution in [-0.4, -0.2) is 42.0 Å². The largest absolute Gasteiger partial charge is 0.447 e. The van der Waals surface area contributed by atoms with E-state index < -0.39 is 0 Å². The minimum Gasteiger partial charge on any atom is -0.447 e. The maximum absolute atomic E-state index is 12.3. The van der Waals surface area contributed by atoms with Gasteiger partial charge in [0, 0.05) is 47.6 Å². The Kier molecular flexibility index (Phi) is 6.04. The first kappa shape index (κ1) is 19.8. The average Bonchev–Trinajstić information content (AvgIpc) is 3.18. The quantitative estimate of drug-likeness (QED) is 0.642. The van der Waals surface area contributed by atoms with Crippen LogP contribution in [0.15, 0.2) is 59.2 Å². The van der Waals surface area contributed by atoms with Crippen LogP contribution in [0.3, 0.4) is 0 Å². The van der Waals surface area contributed by atoms with E-state index >= 15 is 0 Å². The van der Waals surface area contributed by atoms with Crippen molar-refractivity contribution in [2.24, 2.45) is 0 Å². The highest BCUT2D eigenvalue weighted by atomic mass is 35.5. The number of aromatic nitrogens is 1. The molecule has 0 aliphatic carbocycles. The number of piperazine rings is 1. The Morgan fingerprint density at radius 3 is 2.52 bits per heavy atom. The van der Waals surface area contributed by atoms with Crippen LogP contribution in [0.2, 0.25) is 10.0 Å². The summed E-state index contributed by atoms with van der Waals surface area (Å²) < 4.78 is 5.51. The lowest BCUT2D eigenvalue weighted by atomic mass is 10.2. The zero-order valence-corrected chi connectivity index (χ0v) is 17.2. The molecule has 0 radical (unpaired) electrons. The molecule has 1 fully saturated rings. The predicted octanol–water partition coefficient (Wildman–Crippen LogP) is 4.56. The summed E-state index contributed by atoms with van der Waals surface area (Å²) >= 11 is 11.9. The van der Waals surface area contributed by atoms with Crippen molar-refractivity contribution in [3.63, 3.8) is 0 Å². The van der Waals surface area contributed by atoms with Gasteiger partial charge in [-0.05, 0) is 42.5 Å². The number of benzene rings is 2. The maximum Gasteiger partial charge on any atom is 0.277 e. The molecule has 4 rings (SSSR count). The van der Waals surface area contributed by atoms with Crippen molar-refractivity contribution in [3.8, 4) is 0 Å². The predicted molar refractivity (Wildman–Crippen MR) is 115 cm³/mol. The summed E-state index contributed by atoms with van der Waals surface area (Å²) in [6, 6.07) is 14.9. The fourth-order valence-electron chi connectivity index (χ4n) is 3.26. The number of hydrogen-bond acceptors (Lipinski definition) is 5. The number of hydrogen-bond donors (Lipinski definition) is 1. The number of halogens is 2. The number of anilines is 2. The van der Waals surface area contributed by atoms with E-state index in [9.17, 15) is 4.79 Å². The van der Waals surface area contributed by atoms with E-state index in [0.717, 1.165) is 31.2 Å². The Morgan fingerprint density at radius 2 is 1.79 bits per heavy atom. The maximum atomic E-state index is 12.3. The molecule has 0 unspecified atom stereocenters. The molecule has 6 nitrogen and oxygen atoms in total. The molecule has 1 aliphatic rings. The lowest BCUT2D eigenvalue weighted by Crippen LogP contribution is -2.46. The van der Waals surface area contributed by atoms with Crippen molar-refractivity contribution < 1.29 is 9.21 Å². The van der Waals surface area contributed by atoms with Gasteiger partial charge in [0.25, 0.3) is 5.91 Å². The van der Waals surface area contributed by atoms with Crippen LogP contribution in [-0.2, 0) is 6.54 Å². The molecule has 0 atom stereocenters. The van der Waals surface area contributed by atoms with Gasteiger partial charge in [-0.2, -0.15) is 0 Å². The molecule has 3 aromatic rings. The standard InChI is InChI=1S/C21H20Cl2N4O2/c22-15-4-6-18(7-5-15)27-10-8-26(9-11-27)13-20-25-19(14-29-20)21(28)24-17-3-1-2-16(23)12-17/h1-7,12,14H,8-11,13H2,(H,24,28). The molecular formula is C21H20Cl2N4O2. The zero-order chi connectivity index (χ0) is 20.2. The summed E-state index contributed by atoms with van der Waals surface area (Å²) in [6.07, 6.45) is 1.39. The topological polar surface area (TPSA) is 61.6 Å². The van der Waals surface area contributed by atoms with Gasteiger partial charge in [0.15, 0.2) is 5.69 Å². The Morgan fingerprint density at radius 1 is 1.03 bits per heavy atom. The van der Waals surface area contributed by atoms with Gasteiger partial charge in [-0.1, -0.05) is 29.3 Å². The summed E-state index contributed by atoms with van der Waals surface area (Å²) in [6.45, 7) is 4.15. The number of rotatable bonds is 5. The molecule has 29 heavy (non-hydrogen) atoms. The second-order valence-electron chi connectivity index (χ2n) is 6.83. The van der Waals surface area contributed by atoms with Gasteiger partial charge < -0.3 is 14.6 Å². The summed E-state index contributed by atoms with van der Waals surface area (Å²) in [5.41, 5.74) is 2.04. The fraction of sp³-hybridized carbons (Fsp3) is 0.238. The third-order valence-electron chi connectivity index (χ3n) is 4.79. The second kappa shape index (κ2) is 8.86. The Balaban J connectivity index is 1.30. The Bertz CT molecular complexity index is 982. The van der Waals surface area contributed by atoms with E-state index in [0.29, 0.717) is 23.1 Å². The molecule has 1 aliphatic heterocycles. The summed E-state index contributed by atoms with van der Waals surface area (Å²) in [5.74, 6) is 0.205. The molecule has 0 spiro atoms. The first-order chi connectivity index (χ1) is 14.1. The highest BCUT2D eigenvalue weighted by Crippen LogP contribution is 2.20. The molecule has 2 heterocycles. The summed E-state index contributed by atoms with van der Waals surface area (Å²) in [5, 5.41) is 4.07. The van der Waals surface area contributed by atoms with Crippen LogP contribution >= 0.6 is 23.2 Å². The van der Waals surface area contributed by atoms with Crippen molar-refractivity contribution >= 4 is 40.5 Å². The van der Waals surface area contributed by atoms with Gasteiger partial charge in [0.1, 0.15) is 6.26 Å². The molecule has 150 valence electrons. The number of nitrogens with zero attached hydrogens (tertiary/aromatic N) is 3. The Labute approximate surface area is 179 Å². The van der Waals surface area contributed by atoms with Gasteiger partial charge in [-0.3, -0.25) is 9.69 Å². The molecule has 1 amide bonds. The highest BCUT2D eigenvalue weighted by molar-refractivity contribution is 6.31. The number of carbonyl (C=O) groups excluding carboxylic acids is 1. The van der Waals surface area contributed by atoms with Crippen LogP contribution in [0.1, 0.15) is 16.4 Å². The minimum absolute atomic E-state index is 0.250. The van der Waals surface area contributed by atoms with Gasteiger partial charge >= 0.3 is 0 Å². The van der Waals surface area contributed by atoms with Gasteiger partial charge in [0.2, 0.25) is 5.89 Å². The molecule has 1 N–H and O–H groups in total. The second-order valence-corrected chi connectivity index (χ2v) is 7.70. The first-order valence-corrected chi connectivity index (χ1v) is 10.1. The van der Waals surface area contributed by atoms with Crippen molar-refractivity contribution in [3.05, 3.63) is 76.4 Å². The average molecular weight is 431 g/mol. The molecule has 0 saturated carbocycles. The first-order valence-electron chi connectivity index (χ1n) is 9.31. The van der Waals surface area contributed by atoms with Crippen molar-refractivity contribution in [2.45, 2.75) is 6.54 Å². The lowest BCUT2D eigenvalue weighted by Gasteiger charge is -2.35. The third-order valence-corrected chi connectivity index (χ3v) is 5.28. The molecule has 1 saturated heterocycles. The van der Waals surface area contributed by atoms with E-state index in [1.54, 1.807) is 24.3 Å². The molecular weight excluding hydrogens is 411 g/mol. The summed E-state index contributed by atoms with van der Waals surface area (Å²) in [4.78, 5) is 21.3. The number of oxazole rings is 1. The van der Waals surface area contributed by atoms with Crippen LogP contribution < -0.4 is 10.2 Å². The zero-order valence-electron chi connectivity index (χ0n) is 15.6. The molecule has 1 aromatic heterocycles. The monoisotopic (exact) mass is 430 g/mol. The number of nitrogens with one attached hydrogen (secondary N) is 1. The van der Waals surface area contributed by atoms with Crippen LogP contribution in [0.5, 0.6) is 0 Å².